The summed E-state index contributed by atoms with van der Waals surface area (Å²) in [6.45, 7) is 0. The summed E-state index contributed by atoms with van der Waals surface area (Å²) in [5.41, 5.74) is 19.0. The smallest absolute Gasteiger partial charge is 0.136 e. The summed E-state index contributed by atoms with van der Waals surface area (Å²) >= 11 is 0. The van der Waals surface area contributed by atoms with Crippen molar-refractivity contribution in [1.82, 2.24) is 0 Å². The van der Waals surface area contributed by atoms with Gasteiger partial charge < -0.3 is 9.32 Å². The van der Waals surface area contributed by atoms with Crippen molar-refractivity contribution in [3.05, 3.63) is 271 Å². The Kier molecular flexibility index (Phi) is 8.76. The fourth-order valence-electron chi connectivity index (χ4n) is 10.1. The highest BCUT2D eigenvalue weighted by Crippen LogP contribution is 2.58. The van der Waals surface area contributed by atoms with E-state index < -0.39 is 5.41 Å². The number of fused-ring (bicyclic) bond motifs is 6. The molecule has 1 aromatic heterocycles. The Balaban J connectivity index is 1.05. The number of para-hydroxylation sites is 1. The van der Waals surface area contributed by atoms with E-state index in [0.29, 0.717) is 0 Å². The van der Waals surface area contributed by atoms with Crippen molar-refractivity contribution >= 4 is 39.0 Å². The number of nitrogens with zero attached hydrogens (tertiary/aromatic N) is 1. The van der Waals surface area contributed by atoms with Crippen LogP contribution in [0.1, 0.15) is 22.3 Å². The summed E-state index contributed by atoms with van der Waals surface area (Å²) in [6.07, 6.45) is 0. The van der Waals surface area contributed by atoms with Crippen LogP contribution in [0.2, 0.25) is 0 Å². The molecule has 0 radical (unpaired) electrons. The van der Waals surface area contributed by atoms with Gasteiger partial charge in [0.25, 0.3) is 0 Å². The first-order valence-corrected chi connectivity index (χ1v) is 21.7. The molecule has 0 N–H and O–H groups in total. The molecule has 1 atom stereocenters. The normalized spacial score (nSPS) is 14.1. The number of benzene rings is 10. The van der Waals surface area contributed by atoms with E-state index in [-0.39, 0.29) is 0 Å². The van der Waals surface area contributed by atoms with Gasteiger partial charge in [-0.1, -0.05) is 194 Å². The minimum Gasteiger partial charge on any atom is -0.456 e. The number of anilines is 3. The second-order valence-corrected chi connectivity index (χ2v) is 16.4. The zero-order chi connectivity index (χ0) is 41.7. The zero-order valence-corrected chi connectivity index (χ0v) is 34.5. The standard InChI is InChI=1S/C61H41NO/c1-4-16-42(17-5-1)43-28-33-48(34-29-43)62(49-35-30-44(31-36-49)46-32-38-55-54-24-12-15-27-59(54)63-60(55)40-46)50-37-39-53-52-23-11-14-26-57(52)61(58(53)41-50,47-20-8-3-9-21-47)56-25-13-10-22-51(56)45-18-6-2-7-19-45/h1-41H. The molecule has 0 aliphatic heterocycles. The highest BCUT2D eigenvalue weighted by Gasteiger charge is 2.47. The predicted octanol–water partition coefficient (Wildman–Crippen LogP) is 16.4. The number of hydrogen-bond acceptors (Lipinski definition) is 2. The van der Waals surface area contributed by atoms with Gasteiger partial charge in [0, 0.05) is 27.8 Å². The summed E-state index contributed by atoms with van der Waals surface area (Å²) < 4.78 is 6.30. The molecule has 0 saturated heterocycles. The second kappa shape index (κ2) is 15.1. The van der Waals surface area contributed by atoms with Crippen molar-refractivity contribution in [3.8, 4) is 44.5 Å². The lowest BCUT2D eigenvalue weighted by molar-refractivity contribution is 0.669. The Hall–Kier alpha value is -8.20. The Morgan fingerprint density at radius 2 is 0.762 bits per heavy atom. The lowest BCUT2D eigenvalue weighted by Crippen LogP contribution is -2.29. The van der Waals surface area contributed by atoms with Gasteiger partial charge in [-0.25, -0.2) is 0 Å². The first-order valence-electron chi connectivity index (χ1n) is 21.7. The van der Waals surface area contributed by atoms with Crippen LogP contribution in [-0.2, 0) is 5.41 Å². The van der Waals surface area contributed by atoms with Gasteiger partial charge >= 0.3 is 0 Å². The van der Waals surface area contributed by atoms with Gasteiger partial charge in [0.1, 0.15) is 11.2 Å². The summed E-state index contributed by atoms with van der Waals surface area (Å²) in [5.74, 6) is 0. The number of furan rings is 1. The predicted molar refractivity (Wildman–Crippen MR) is 262 cm³/mol. The van der Waals surface area contributed by atoms with E-state index >= 15 is 0 Å². The molecule has 0 bridgehead atoms. The molecular formula is C61H41NO. The highest BCUT2D eigenvalue weighted by molar-refractivity contribution is 6.06. The van der Waals surface area contributed by atoms with Crippen LogP contribution in [0.4, 0.5) is 17.1 Å². The van der Waals surface area contributed by atoms with Crippen LogP contribution < -0.4 is 4.90 Å². The maximum Gasteiger partial charge on any atom is 0.136 e. The average Bonchev–Trinajstić information content (AvgIpc) is 3.88. The van der Waals surface area contributed by atoms with Crippen molar-refractivity contribution in [1.29, 1.82) is 0 Å². The molecule has 296 valence electrons. The van der Waals surface area contributed by atoms with Gasteiger partial charge in [-0.05, 0) is 121 Å². The van der Waals surface area contributed by atoms with Crippen LogP contribution in [-0.4, -0.2) is 0 Å². The summed E-state index contributed by atoms with van der Waals surface area (Å²) in [5, 5.41) is 2.27. The van der Waals surface area contributed by atoms with Crippen molar-refractivity contribution in [3.63, 3.8) is 0 Å². The maximum atomic E-state index is 6.30. The van der Waals surface area contributed by atoms with E-state index in [2.05, 4.69) is 241 Å². The fourth-order valence-corrected chi connectivity index (χ4v) is 10.1. The quantitative estimate of drug-likeness (QED) is 0.152. The van der Waals surface area contributed by atoms with Crippen LogP contribution in [0.3, 0.4) is 0 Å². The molecule has 1 aliphatic rings. The van der Waals surface area contributed by atoms with E-state index in [1.54, 1.807) is 0 Å². The topological polar surface area (TPSA) is 16.4 Å². The lowest BCUT2D eigenvalue weighted by Gasteiger charge is -2.36. The van der Waals surface area contributed by atoms with Crippen LogP contribution in [0, 0.1) is 0 Å². The molecule has 1 heterocycles. The molecule has 1 unspecified atom stereocenters. The van der Waals surface area contributed by atoms with E-state index in [9.17, 15) is 0 Å². The Labute approximate surface area is 367 Å². The minimum absolute atomic E-state index is 0.600. The number of hydrogen-bond donors (Lipinski definition) is 0. The molecule has 0 spiro atoms. The van der Waals surface area contributed by atoms with Crippen molar-refractivity contribution in [2.24, 2.45) is 0 Å². The first-order chi connectivity index (χ1) is 31.2. The zero-order valence-electron chi connectivity index (χ0n) is 34.5. The third-order valence-corrected chi connectivity index (χ3v) is 13.0. The largest absolute Gasteiger partial charge is 0.456 e. The SMILES string of the molecule is c1ccc(-c2ccc(N(c3ccc(-c4ccc5c(c4)oc4ccccc45)cc3)c3ccc4c(c3)C(c3ccccc3)(c3ccccc3-c3ccccc3)c3ccccc3-4)cc2)cc1. The number of rotatable bonds is 8. The molecule has 11 aromatic rings. The van der Waals surface area contributed by atoms with E-state index in [1.807, 2.05) is 12.1 Å². The van der Waals surface area contributed by atoms with E-state index in [1.165, 1.54) is 55.6 Å². The lowest BCUT2D eigenvalue weighted by atomic mass is 9.66. The molecule has 10 aromatic carbocycles. The highest BCUT2D eigenvalue weighted by atomic mass is 16.3. The molecule has 0 amide bonds. The summed E-state index contributed by atoms with van der Waals surface area (Å²) in [7, 11) is 0. The fraction of sp³-hybridized carbons (Fsp3) is 0.0164. The van der Waals surface area contributed by atoms with E-state index in [0.717, 1.165) is 50.1 Å². The van der Waals surface area contributed by atoms with Crippen LogP contribution >= 0.6 is 0 Å². The van der Waals surface area contributed by atoms with Crippen molar-refractivity contribution in [2.75, 3.05) is 4.90 Å². The minimum atomic E-state index is -0.600. The molecule has 12 rings (SSSR count). The molecule has 1 aliphatic carbocycles. The molecular weight excluding hydrogens is 763 g/mol. The maximum absolute atomic E-state index is 6.30. The second-order valence-electron chi connectivity index (χ2n) is 16.4. The monoisotopic (exact) mass is 803 g/mol. The van der Waals surface area contributed by atoms with E-state index in [4.69, 9.17) is 4.42 Å². The summed E-state index contributed by atoms with van der Waals surface area (Å²) in [6, 6.07) is 90.4. The molecule has 63 heavy (non-hydrogen) atoms. The van der Waals surface area contributed by atoms with Crippen molar-refractivity contribution < 1.29 is 4.42 Å². The van der Waals surface area contributed by atoms with Crippen molar-refractivity contribution in [2.45, 2.75) is 5.41 Å². The molecule has 2 nitrogen and oxygen atoms in total. The molecule has 0 saturated carbocycles. The van der Waals surface area contributed by atoms with Crippen LogP contribution in [0.5, 0.6) is 0 Å². The molecule has 2 heteroatoms. The first kappa shape index (κ1) is 36.6. The molecule has 0 fully saturated rings. The van der Waals surface area contributed by atoms with Gasteiger partial charge in [-0.3, -0.25) is 0 Å². The van der Waals surface area contributed by atoms with Gasteiger partial charge in [-0.2, -0.15) is 0 Å². The Morgan fingerprint density at radius 3 is 1.46 bits per heavy atom. The third-order valence-electron chi connectivity index (χ3n) is 13.0. The Morgan fingerprint density at radius 1 is 0.286 bits per heavy atom. The Bertz CT molecular complexity index is 3430. The average molecular weight is 804 g/mol. The van der Waals surface area contributed by atoms with Gasteiger partial charge in [0.05, 0.1) is 5.41 Å². The van der Waals surface area contributed by atoms with Crippen LogP contribution in [0.25, 0.3) is 66.4 Å². The summed E-state index contributed by atoms with van der Waals surface area (Å²) in [4.78, 5) is 2.41. The van der Waals surface area contributed by atoms with Gasteiger partial charge in [0.2, 0.25) is 0 Å². The third kappa shape index (κ3) is 6.02. The van der Waals surface area contributed by atoms with Gasteiger partial charge in [0.15, 0.2) is 0 Å². The van der Waals surface area contributed by atoms with Gasteiger partial charge in [-0.15, -0.1) is 0 Å². The van der Waals surface area contributed by atoms with Crippen LogP contribution in [0.15, 0.2) is 253 Å².